The zero-order chi connectivity index (χ0) is 13.0. The van der Waals surface area contributed by atoms with Crippen LogP contribution in [-0.4, -0.2) is 28.9 Å². The van der Waals surface area contributed by atoms with E-state index in [-0.39, 0.29) is 25.8 Å². The quantitative estimate of drug-likeness (QED) is 0.402. The third-order valence-corrected chi connectivity index (χ3v) is 1.95. The summed E-state index contributed by atoms with van der Waals surface area (Å²) in [4.78, 5) is 25.9. The lowest BCUT2D eigenvalue weighted by Gasteiger charge is -1.99. The first kappa shape index (κ1) is 15.5. The molecular formula is C10H18N6O2. The summed E-state index contributed by atoms with van der Waals surface area (Å²) in [6, 6.07) is 1.47. The van der Waals surface area contributed by atoms with Gasteiger partial charge in [-0.2, -0.15) is 0 Å². The Kier molecular flexibility index (Phi) is 5.40. The SMILES string of the molecule is C.Cn1cc(NC(=O)CN=C(N)N)cc1C(N)=O. The second-order valence-electron chi connectivity index (χ2n) is 3.38. The fourth-order valence-corrected chi connectivity index (χ4v) is 1.24. The van der Waals surface area contributed by atoms with Crippen LogP contribution in [0.15, 0.2) is 17.3 Å². The Morgan fingerprint density at radius 1 is 1.39 bits per heavy atom. The predicted octanol–water partition coefficient (Wildman–Crippen LogP) is -1.03. The maximum absolute atomic E-state index is 11.4. The lowest BCUT2D eigenvalue weighted by atomic mass is 10.4. The van der Waals surface area contributed by atoms with E-state index in [4.69, 9.17) is 17.2 Å². The number of carbonyl (C=O) groups excluding carboxylic acids is 2. The molecule has 1 rings (SSSR count). The number of hydrogen-bond acceptors (Lipinski definition) is 3. The van der Waals surface area contributed by atoms with Gasteiger partial charge in [0.05, 0.1) is 5.69 Å². The fraction of sp³-hybridized carbons (Fsp3) is 0.300. The van der Waals surface area contributed by atoms with Gasteiger partial charge in [-0.1, -0.05) is 7.43 Å². The first-order chi connectivity index (χ1) is 7.90. The first-order valence-corrected chi connectivity index (χ1v) is 4.71. The van der Waals surface area contributed by atoms with Crippen molar-refractivity contribution < 1.29 is 9.59 Å². The molecule has 1 heterocycles. The van der Waals surface area contributed by atoms with E-state index in [0.29, 0.717) is 11.4 Å². The van der Waals surface area contributed by atoms with Gasteiger partial charge in [0.2, 0.25) is 5.91 Å². The largest absolute Gasteiger partial charge is 0.370 e. The summed E-state index contributed by atoms with van der Waals surface area (Å²) in [6.07, 6.45) is 1.56. The number of rotatable bonds is 4. The number of primary amides is 1. The number of aliphatic imine (C=N–C) groups is 1. The summed E-state index contributed by atoms with van der Waals surface area (Å²) in [5, 5.41) is 2.53. The van der Waals surface area contributed by atoms with Crippen molar-refractivity contribution in [1.29, 1.82) is 0 Å². The lowest BCUT2D eigenvalue weighted by Crippen LogP contribution is -2.25. The fourth-order valence-electron chi connectivity index (χ4n) is 1.24. The normalized spacial score (nSPS) is 9.17. The van der Waals surface area contributed by atoms with Gasteiger partial charge in [-0.25, -0.2) is 4.99 Å². The van der Waals surface area contributed by atoms with Gasteiger partial charge in [0, 0.05) is 13.2 Å². The molecule has 0 atom stereocenters. The van der Waals surface area contributed by atoms with E-state index in [1.165, 1.54) is 10.6 Å². The van der Waals surface area contributed by atoms with Crippen LogP contribution in [0.4, 0.5) is 5.69 Å². The number of amides is 2. The maximum atomic E-state index is 11.4. The number of anilines is 1. The molecule has 1 aromatic heterocycles. The zero-order valence-electron chi connectivity index (χ0n) is 9.30. The highest BCUT2D eigenvalue weighted by Crippen LogP contribution is 2.11. The Balaban J connectivity index is 0.00000289. The molecule has 0 unspecified atom stereocenters. The number of carbonyl (C=O) groups is 2. The van der Waals surface area contributed by atoms with Crippen LogP contribution in [0.3, 0.4) is 0 Å². The second-order valence-corrected chi connectivity index (χ2v) is 3.38. The van der Waals surface area contributed by atoms with Crippen LogP contribution in [0, 0.1) is 0 Å². The summed E-state index contributed by atoms with van der Waals surface area (Å²) in [5.41, 5.74) is 16.0. The zero-order valence-corrected chi connectivity index (χ0v) is 9.30. The third-order valence-electron chi connectivity index (χ3n) is 1.95. The van der Waals surface area contributed by atoms with Gasteiger partial charge >= 0.3 is 0 Å². The van der Waals surface area contributed by atoms with Gasteiger partial charge in [-0.05, 0) is 6.07 Å². The number of nitrogens with one attached hydrogen (secondary N) is 1. The van der Waals surface area contributed by atoms with E-state index in [9.17, 15) is 9.59 Å². The second kappa shape index (κ2) is 6.28. The molecular weight excluding hydrogens is 236 g/mol. The Labute approximate surface area is 105 Å². The Bertz CT molecular complexity index is 473. The highest BCUT2D eigenvalue weighted by atomic mass is 16.2. The molecule has 0 radical (unpaired) electrons. The van der Waals surface area contributed by atoms with Crippen LogP contribution in [0.5, 0.6) is 0 Å². The van der Waals surface area contributed by atoms with Crippen LogP contribution in [0.25, 0.3) is 0 Å². The standard InChI is InChI=1S/C9H14N6O2.CH4/c1-15-4-5(2-6(15)8(10)17)14-7(16)3-13-9(11)12;/h2,4H,3H2,1H3,(H2,10,17)(H,14,16)(H4,11,12,13);1H4. The first-order valence-electron chi connectivity index (χ1n) is 4.71. The molecule has 8 nitrogen and oxygen atoms in total. The van der Waals surface area contributed by atoms with Crippen molar-refractivity contribution in [3.05, 3.63) is 18.0 Å². The highest BCUT2D eigenvalue weighted by molar-refractivity contribution is 5.97. The number of nitrogens with zero attached hydrogens (tertiary/aromatic N) is 2. The van der Waals surface area contributed by atoms with Crippen LogP contribution in [-0.2, 0) is 11.8 Å². The molecule has 18 heavy (non-hydrogen) atoms. The molecule has 0 spiro atoms. The van der Waals surface area contributed by atoms with Gasteiger partial charge < -0.3 is 27.1 Å². The van der Waals surface area contributed by atoms with Crippen LogP contribution in [0.2, 0.25) is 0 Å². The number of aryl methyl sites for hydroxylation is 1. The molecule has 0 fully saturated rings. The summed E-state index contributed by atoms with van der Waals surface area (Å²) in [6.45, 7) is -0.177. The Morgan fingerprint density at radius 3 is 2.44 bits per heavy atom. The smallest absolute Gasteiger partial charge is 0.265 e. The van der Waals surface area contributed by atoms with Gasteiger partial charge in [-0.15, -0.1) is 0 Å². The van der Waals surface area contributed by atoms with E-state index in [1.807, 2.05) is 0 Å². The van der Waals surface area contributed by atoms with Crippen molar-refractivity contribution in [2.45, 2.75) is 7.43 Å². The predicted molar refractivity (Wildman–Crippen MR) is 70.0 cm³/mol. The van der Waals surface area contributed by atoms with Gasteiger partial charge in [0.15, 0.2) is 5.96 Å². The molecule has 2 amide bonds. The van der Waals surface area contributed by atoms with E-state index in [1.54, 1.807) is 13.2 Å². The molecule has 0 aliphatic rings. The molecule has 0 saturated carbocycles. The number of hydrogen-bond donors (Lipinski definition) is 4. The lowest BCUT2D eigenvalue weighted by molar-refractivity contribution is -0.114. The average molecular weight is 254 g/mol. The van der Waals surface area contributed by atoms with Crippen molar-refractivity contribution in [2.24, 2.45) is 29.2 Å². The van der Waals surface area contributed by atoms with E-state index in [2.05, 4.69) is 10.3 Å². The number of aromatic nitrogens is 1. The molecule has 0 saturated heterocycles. The topological polar surface area (TPSA) is 142 Å². The van der Waals surface area contributed by atoms with Crippen LogP contribution < -0.4 is 22.5 Å². The minimum Gasteiger partial charge on any atom is -0.370 e. The maximum Gasteiger partial charge on any atom is 0.265 e. The molecule has 7 N–H and O–H groups in total. The van der Waals surface area contributed by atoms with Gasteiger partial charge in [-0.3, -0.25) is 9.59 Å². The molecule has 0 aliphatic heterocycles. The summed E-state index contributed by atoms with van der Waals surface area (Å²) in [7, 11) is 1.64. The summed E-state index contributed by atoms with van der Waals surface area (Å²) in [5.74, 6) is -1.12. The van der Waals surface area contributed by atoms with Crippen molar-refractivity contribution in [3.8, 4) is 0 Å². The molecule has 0 aliphatic carbocycles. The average Bonchev–Trinajstić information content (AvgIpc) is 2.56. The van der Waals surface area contributed by atoms with Gasteiger partial charge in [0.1, 0.15) is 12.2 Å². The Hall–Kier alpha value is -2.51. The summed E-state index contributed by atoms with van der Waals surface area (Å²) < 4.78 is 1.51. The van der Waals surface area contributed by atoms with E-state index in [0.717, 1.165) is 0 Å². The van der Waals surface area contributed by atoms with E-state index >= 15 is 0 Å². The van der Waals surface area contributed by atoms with Crippen LogP contribution in [0.1, 0.15) is 17.9 Å². The number of guanidine groups is 1. The minimum atomic E-state index is -0.572. The van der Waals surface area contributed by atoms with Crippen molar-refractivity contribution in [3.63, 3.8) is 0 Å². The minimum absolute atomic E-state index is 0. The molecule has 100 valence electrons. The molecule has 0 aromatic carbocycles. The monoisotopic (exact) mass is 254 g/mol. The number of nitrogens with two attached hydrogens (primary N) is 3. The van der Waals surface area contributed by atoms with Crippen molar-refractivity contribution in [1.82, 2.24) is 4.57 Å². The summed E-state index contributed by atoms with van der Waals surface area (Å²) >= 11 is 0. The van der Waals surface area contributed by atoms with Gasteiger partial charge in [0.25, 0.3) is 5.91 Å². The molecule has 0 bridgehead atoms. The Morgan fingerprint density at radius 2 is 2.00 bits per heavy atom. The third kappa shape index (κ3) is 4.16. The molecule has 1 aromatic rings. The van der Waals surface area contributed by atoms with Crippen molar-refractivity contribution in [2.75, 3.05) is 11.9 Å². The van der Waals surface area contributed by atoms with E-state index < -0.39 is 5.91 Å². The highest BCUT2D eigenvalue weighted by Gasteiger charge is 2.09. The molecule has 8 heteroatoms. The van der Waals surface area contributed by atoms with Crippen molar-refractivity contribution >= 4 is 23.5 Å². The van der Waals surface area contributed by atoms with Crippen LogP contribution >= 0.6 is 0 Å².